The van der Waals surface area contributed by atoms with Crippen molar-refractivity contribution in [1.29, 1.82) is 0 Å². The lowest BCUT2D eigenvalue weighted by Crippen LogP contribution is -2.18. The Labute approximate surface area is 134 Å². The van der Waals surface area contributed by atoms with E-state index in [0.29, 0.717) is 0 Å². The van der Waals surface area contributed by atoms with E-state index < -0.39 is 6.04 Å². The van der Waals surface area contributed by atoms with E-state index in [0.717, 1.165) is 6.16 Å². The number of hydrogen-bond donors (Lipinski definition) is 0. The molecule has 0 aliphatic rings. The largest absolute Gasteiger partial charge is 0.0876 e. The molecule has 0 saturated heterocycles. The van der Waals surface area contributed by atoms with E-state index in [1.165, 1.54) is 27.9 Å². The molecule has 0 N–H and O–H groups in total. The van der Waals surface area contributed by atoms with Crippen molar-refractivity contribution < 1.29 is 0 Å². The maximum Gasteiger partial charge on any atom is 0.0106 e. The molecule has 0 amide bonds. The van der Waals surface area contributed by atoms with E-state index in [-0.39, 0.29) is 0 Å². The van der Waals surface area contributed by atoms with Crippen LogP contribution in [0.3, 0.4) is 0 Å². The molecule has 0 bridgehead atoms. The minimum absolute atomic E-state index is 1.14. The molecule has 0 spiro atoms. The Morgan fingerprint density at radius 2 is 1.26 bits per heavy atom. The summed E-state index contributed by atoms with van der Waals surface area (Å²) < 4.78 is 1.22. The highest BCUT2D eigenvalue weighted by molar-refractivity contribution is 14.1. The van der Waals surface area contributed by atoms with Gasteiger partial charge in [0.15, 0.2) is 0 Å². The van der Waals surface area contributed by atoms with E-state index in [1.54, 1.807) is 0 Å². The molecule has 2 aromatic rings. The minimum atomic E-state index is -1.62. The van der Waals surface area contributed by atoms with Crippen LogP contribution in [0.15, 0.2) is 60.7 Å². The fourth-order valence-corrected chi connectivity index (χ4v) is 6.62. The van der Waals surface area contributed by atoms with Gasteiger partial charge in [0.1, 0.15) is 0 Å². The first kappa shape index (κ1) is 15.2. The van der Waals surface area contributed by atoms with Gasteiger partial charge in [-0.25, -0.2) is 0 Å². The molecule has 2 aromatic carbocycles. The Morgan fingerprint density at radius 3 is 1.68 bits per heavy atom. The third-order valence-electron chi connectivity index (χ3n) is 3.20. The number of rotatable bonds is 6. The van der Waals surface area contributed by atoms with Crippen LogP contribution in [0.1, 0.15) is 12.8 Å². The molecule has 0 unspecified atom stereocenters. The summed E-state index contributed by atoms with van der Waals surface area (Å²) in [5.41, 5.74) is 0. The fourth-order valence-electron chi connectivity index (χ4n) is 2.17. The highest BCUT2D eigenvalue weighted by Gasteiger charge is 2.21. The minimum Gasteiger partial charge on any atom is -0.0876 e. The van der Waals surface area contributed by atoms with Crippen molar-refractivity contribution in [1.82, 2.24) is 0 Å². The molecule has 0 nitrogen and oxygen atoms in total. The van der Waals surface area contributed by atoms with Crippen LogP contribution < -0.4 is 10.6 Å². The molecular weight excluding hydrogens is 382 g/mol. The molecule has 0 saturated carbocycles. The normalized spacial score (nSPS) is 11.4. The van der Waals surface area contributed by atoms with Crippen molar-refractivity contribution in [2.45, 2.75) is 12.8 Å². The molecule has 0 atom stereocenters. The van der Waals surface area contributed by atoms with Gasteiger partial charge >= 0.3 is 0 Å². The summed E-state index contributed by atoms with van der Waals surface area (Å²) in [7, 11) is 0. The number of alkyl halides is 1. The summed E-state index contributed by atoms with van der Waals surface area (Å²) in [6.07, 6.45) is 3.63. The molecule has 0 aromatic heterocycles. The van der Waals surface area contributed by atoms with E-state index >= 15 is 0 Å². The van der Waals surface area contributed by atoms with Crippen LogP contribution in [0.5, 0.6) is 0 Å². The summed E-state index contributed by atoms with van der Waals surface area (Å²) >= 11 is 8.60. The van der Waals surface area contributed by atoms with Crippen LogP contribution in [0.2, 0.25) is 0 Å². The van der Waals surface area contributed by atoms with Crippen LogP contribution >= 0.6 is 28.6 Å². The Bertz CT molecular complexity index is 496. The average molecular weight is 400 g/mol. The van der Waals surface area contributed by atoms with Crippen molar-refractivity contribution in [3.63, 3.8) is 0 Å². The van der Waals surface area contributed by atoms with Gasteiger partial charge in [0.2, 0.25) is 0 Å². The number of unbranched alkanes of at least 4 members (excludes halogenated alkanes) is 1. The van der Waals surface area contributed by atoms with E-state index in [2.05, 4.69) is 83.3 Å². The maximum absolute atomic E-state index is 6.16. The zero-order valence-electron chi connectivity index (χ0n) is 10.8. The topological polar surface area (TPSA) is 0 Å². The third kappa shape index (κ3) is 3.90. The molecule has 0 fully saturated rings. The molecule has 19 heavy (non-hydrogen) atoms. The van der Waals surface area contributed by atoms with Gasteiger partial charge in [-0.05, 0) is 34.0 Å². The van der Waals surface area contributed by atoms with Gasteiger partial charge in [0.25, 0.3) is 0 Å². The first-order valence-electron chi connectivity index (χ1n) is 6.53. The van der Waals surface area contributed by atoms with Gasteiger partial charge in [0, 0.05) is 6.04 Å². The molecule has 0 heterocycles. The van der Waals surface area contributed by atoms with Gasteiger partial charge < -0.3 is 0 Å². The van der Waals surface area contributed by atoms with Crippen LogP contribution in [-0.4, -0.2) is 10.6 Å². The predicted octanol–water partition coefficient (Wildman–Crippen LogP) is 4.33. The van der Waals surface area contributed by atoms with Gasteiger partial charge in [0.05, 0.1) is 0 Å². The van der Waals surface area contributed by atoms with E-state index in [1.807, 2.05) is 0 Å². The summed E-state index contributed by atoms with van der Waals surface area (Å²) in [4.78, 5) is 0. The van der Waals surface area contributed by atoms with Gasteiger partial charge in [-0.15, -0.1) is 0 Å². The molecule has 0 aliphatic carbocycles. The molecule has 0 aliphatic heterocycles. The standard InChI is InChI=1S/C16H18IPS/c17-13-7-8-14-18(19,15-9-3-1-4-10-15)16-11-5-2-6-12-16/h1-6,9-12H,7-8,13-14H2. The van der Waals surface area contributed by atoms with Crippen LogP contribution in [0.4, 0.5) is 0 Å². The van der Waals surface area contributed by atoms with Crippen molar-refractivity contribution >= 4 is 51.0 Å². The van der Waals surface area contributed by atoms with Gasteiger partial charge in [-0.3, -0.25) is 0 Å². The first-order valence-corrected chi connectivity index (χ1v) is 11.0. The zero-order chi connectivity index (χ0) is 13.6. The Hall–Kier alpha value is -0.180. The average Bonchev–Trinajstić information content (AvgIpc) is 2.49. The van der Waals surface area contributed by atoms with Crippen LogP contribution in [0, 0.1) is 0 Å². The lowest BCUT2D eigenvalue weighted by atomic mass is 10.4. The van der Waals surface area contributed by atoms with Gasteiger partial charge in [-0.2, -0.15) is 0 Å². The predicted molar refractivity (Wildman–Crippen MR) is 99.4 cm³/mol. The molecular formula is C16H18IPS. The quantitative estimate of drug-likeness (QED) is 0.301. The number of halogens is 1. The number of hydrogen-bond acceptors (Lipinski definition) is 1. The lowest BCUT2D eigenvalue weighted by Gasteiger charge is -2.23. The second-order valence-electron chi connectivity index (χ2n) is 4.53. The van der Waals surface area contributed by atoms with Crippen molar-refractivity contribution in [2.75, 3.05) is 10.6 Å². The smallest absolute Gasteiger partial charge is 0.0106 e. The number of benzene rings is 2. The summed E-state index contributed by atoms with van der Waals surface area (Å²) in [5, 5.41) is 2.70. The van der Waals surface area contributed by atoms with Crippen molar-refractivity contribution in [2.24, 2.45) is 0 Å². The summed E-state index contributed by atoms with van der Waals surface area (Å²) in [6.45, 7) is 0. The highest BCUT2D eigenvalue weighted by Crippen LogP contribution is 2.44. The molecule has 3 heteroatoms. The second-order valence-corrected chi connectivity index (χ2v) is 10.4. The van der Waals surface area contributed by atoms with E-state index in [4.69, 9.17) is 11.8 Å². The second kappa shape index (κ2) is 7.56. The Balaban J connectivity index is 2.36. The third-order valence-corrected chi connectivity index (χ3v) is 8.99. The molecule has 100 valence electrons. The van der Waals surface area contributed by atoms with Crippen LogP contribution in [0.25, 0.3) is 0 Å². The van der Waals surface area contributed by atoms with Crippen molar-refractivity contribution in [3.8, 4) is 0 Å². The maximum atomic E-state index is 6.16. The zero-order valence-corrected chi connectivity index (χ0v) is 14.7. The van der Waals surface area contributed by atoms with Crippen molar-refractivity contribution in [3.05, 3.63) is 60.7 Å². The first-order chi connectivity index (χ1) is 9.27. The fraction of sp³-hybridized carbons (Fsp3) is 0.250. The summed E-state index contributed by atoms with van der Waals surface area (Å²) in [5.74, 6) is 0. The van der Waals surface area contributed by atoms with E-state index in [9.17, 15) is 0 Å². The molecule has 0 radical (unpaired) electrons. The summed E-state index contributed by atoms with van der Waals surface area (Å²) in [6, 6.07) is 19.8. The molecule has 2 rings (SSSR count). The Morgan fingerprint density at radius 1 is 0.789 bits per heavy atom. The van der Waals surface area contributed by atoms with Crippen LogP contribution in [-0.2, 0) is 11.8 Å². The monoisotopic (exact) mass is 400 g/mol. The SMILES string of the molecule is S=P(CCCCI)(c1ccccc1)c1ccccc1. The van der Waals surface area contributed by atoms with Gasteiger partial charge in [-0.1, -0.05) is 95.1 Å². The Kier molecular flexibility index (Phi) is 6.06. The lowest BCUT2D eigenvalue weighted by molar-refractivity contribution is 0.915. The highest BCUT2D eigenvalue weighted by atomic mass is 127.